The Bertz CT molecular complexity index is 2140. The highest BCUT2D eigenvalue weighted by molar-refractivity contribution is 8.00. The van der Waals surface area contributed by atoms with E-state index in [-0.39, 0.29) is 29.4 Å². The Morgan fingerprint density at radius 1 is 0.755 bits per heavy atom. The van der Waals surface area contributed by atoms with Crippen LogP contribution in [-0.2, 0) is 19.3 Å². The summed E-state index contributed by atoms with van der Waals surface area (Å²) in [4.78, 5) is 1.34. The molecule has 0 aliphatic carbocycles. The first-order valence-electron chi connectivity index (χ1n) is 16.9. The van der Waals surface area contributed by atoms with Gasteiger partial charge < -0.3 is 23.8 Å². The van der Waals surface area contributed by atoms with Gasteiger partial charge in [0.1, 0.15) is 17.2 Å². The molecule has 53 heavy (non-hydrogen) atoms. The van der Waals surface area contributed by atoms with Crippen LogP contribution in [0, 0.1) is 0 Å². The van der Waals surface area contributed by atoms with Crippen LogP contribution in [0.4, 0.5) is 18.9 Å². The van der Waals surface area contributed by atoms with Gasteiger partial charge in [-0.15, -0.1) is 10.2 Å². The normalized spacial score (nSPS) is 13.0. The van der Waals surface area contributed by atoms with Crippen molar-refractivity contribution in [2.75, 3.05) is 38.7 Å². The van der Waals surface area contributed by atoms with E-state index in [0.29, 0.717) is 34.4 Å². The number of ether oxygens (including phenoxy) is 3. The van der Waals surface area contributed by atoms with Gasteiger partial charge in [-0.1, -0.05) is 54.6 Å². The molecular weight excluding hydrogens is 702 g/mol. The van der Waals surface area contributed by atoms with E-state index in [0.717, 1.165) is 47.8 Å². The van der Waals surface area contributed by atoms with Crippen molar-refractivity contribution in [3.8, 4) is 39.8 Å². The van der Waals surface area contributed by atoms with Gasteiger partial charge in [0.25, 0.3) is 0 Å². The first-order valence-corrected chi connectivity index (χ1v) is 17.7. The van der Waals surface area contributed by atoms with Crippen LogP contribution in [0.15, 0.2) is 114 Å². The minimum atomic E-state index is -4.69. The third-order valence-electron chi connectivity index (χ3n) is 9.14. The standard InChI is InChI=1S/C40H37F3N6O3S/c1-50-32-14-4-26(5-15-32)24-48(31-12-18-34(52-3)19-13-31)53-38-36(40(41,42)43)21-20-35(29-10-8-28(9-11-29)30-22-44-23-30)37(38)39-45-47-49(46-39)25-27-6-16-33(51-2)17-7-27/h4-21,30,44H,22-25H2,1-3H3. The second-order valence-corrected chi connectivity index (χ2v) is 13.5. The predicted molar refractivity (Wildman–Crippen MR) is 199 cm³/mol. The number of hydrogen-bond acceptors (Lipinski definition) is 9. The summed E-state index contributed by atoms with van der Waals surface area (Å²) >= 11 is 0.984. The molecule has 272 valence electrons. The lowest BCUT2D eigenvalue weighted by atomic mass is 9.90. The minimum Gasteiger partial charge on any atom is -0.497 e. The highest BCUT2D eigenvalue weighted by Gasteiger charge is 2.37. The van der Waals surface area contributed by atoms with E-state index in [4.69, 9.17) is 14.2 Å². The van der Waals surface area contributed by atoms with Crippen LogP contribution < -0.4 is 23.8 Å². The molecule has 13 heteroatoms. The van der Waals surface area contributed by atoms with E-state index >= 15 is 13.2 Å². The fourth-order valence-electron chi connectivity index (χ4n) is 6.06. The average Bonchev–Trinajstić information content (AvgIpc) is 3.62. The fraction of sp³-hybridized carbons (Fsp3) is 0.225. The van der Waals surface area contributed by atoms with E-state index in [1.54, 1.807) is 33.5 Å². The number of halogens is 3. The zero-order chi connectivity index (χ0) is 37.0. The molecule has 0 unspecified atom stereocenters. The van der Waals surface area contributed by atoms with Gasteiger partial charge in [0.2, 0.25) is 5.82 Å². The molecule has 1 N–H and O–H groups in total. The molecule has 9 nitrogen and oxygen atoms in total. The second kappa shape index (κ2) is 15.6. The lowest BCUT2D eigenvalue weighted by Crippen LogP contribution is -2.39. The van der Waals surface area contributed by atoms with E-state index < -0.39 is 11.7 Å². The molecule has 0 atom stereocenters. The maximum absolute atomic E-state index is 15.1. The van der Waals surface area contributed by atoms with E-state index in [1.165, 1.54) is 16.4 Å². The number of anilines is 1. The molecule has 1 fully saturated rings. The molecule has 1 aliphatic rings. The number of nitrogens with zero attached hydrogens (tertiary/aromatic N) is 5. The predicted octanol–water partition coefficient (Wildman–Crippen LogP) is 8.50. The van der Waals surface area contributed by atoms with Crippen LogP contribution in [0.25, 0.3) is 22.5 Å². The monoisotopic (exact) mass is 738 g/mol. The molecule has 2 heterocycles. The summed E-state index contributed by atoms with van der Waals surface area (Å²) in [7, 11) is 4.74. The highest BCUT2D eigenvalue weighted by Crippen LogP contribution is 2.48. The largest absolute Gasteiger partial charge is 0.497 e. The summed E-state index contributed by atoms with van der Waals surface area (Å²) < 4.78 is 63.3. The van der Waals surface area contributed by atoms with Crippen molar-refractivity contribution in [1.82, 2.24) is 25.5 Å². The molecule has 1 aromatic heterocycles. The summed E-state index contributed by atoms with van der Waals surface area (Å²) in [5.41, 5.74) is 4.31. The van der Waals surface area contributed by atoms with Gasteiger partial charge in [-0.3, -0.25) is 0 Å². The van der Waals surface area contributed by atoms with Crippen LogP contribution in [0.3, 0.4) is 0 Å². The molecule has 0 bridgehead atoms. The number of rotatable bonds is 13. The van der Waals surface area contributed by atoms with Gasteiger partial charge in [0.05, 0.1) is 44.9 Å². The van der Waals surface area contributed by atoms with Gasteiger partial charge >= 0.3 is 6.18 Å². The van der Waals surface area contributed by atoms with Gasteiger partial charge in [-0.2, -0.15) is 18.0 Å². The number of nitrogens with one attached hydrogen (secondary N) is 1. The lowest BCUT2D eigenvalue weighted by Gasteiger charge is -2.28. The molecular formula is C40H37F3N6O3S. The summed E-state index contributed by atoms with van der Waals surface area (Å²) in [5, 5.41) is 16.7. The molecule has 1 aliphatic heterocycles. The summed E-state index contributed by atoms with van der Waals surface area (Å²) in [6, 6.07) is 32.7. The maximum Gasteiger partial charge on any atom is 0.417 e. The zero-order valence-electron chi connectivity index (χ0n) is 29.3. The SMILES string of the molecule is COc1ccc(CN(Sc2c(C(F)(F)F)ccc(-c3ccc(C4CNC4)cc3)c2-c2nnn(Cc3ccc(OC)cc3)n2)c2ccc(OC)cc2)cc1. The molecule has 5 aromatic carbocycles. The molecule has 6 aromatic rings. The molecule has 0 saturated carbocycles. The Hall–Kier alpha value is -5.53. The molecule has 1 saturated heterocycles. The van der Waals surface area contributed by atoms with Crippen LogP contribution in [0.2, 0.25) is 0 Å². The number of methoxy groups -OCH3 is 3. The fourth-order valence-corrected chi connectivity index (χ4v) is 7.29. The number of alkyl halides is 3. The van der Waals surface area contributed by atoms with Gasteiger partial charge in [-0.05, 0) is 99.6 Å². The molecule has 7 rings (SSSR count). The Morgan fingerprint density at radius 3 is 1.89 bits per heavy atom. The summed E-state index contributed by atoms with van der Waals surface area (Å²) in [6.07, 6.45) is -4.69. The molecule has 0 spiro atoms. The second-order valence-electron chi connectivity index (χ2n) is 12.5. The van der Waals surface area contributed by atoms with Crippen LogP contribution >= 0.6 is 11.9 Å². The molecule has 0 radical (unpaired) electrons. The third kappa shape index (κ3) is 8.11. The third-order valence-corrected chi connectivity index (χ3v) is 10.3. The summed E-state index contributed by atoms with van der Waals surface area (Å²) in [6.45, 7) is 2.31. The topological polar surface area (TPSA) is 86.6 Å². The zero-order valence-corrected chi connectivity index (χ0v) is 30.1. The van der Waals surface area contributed by atoms with Gasteiger partial charge in [0.15, 0.2) is 0 Å². The van der Waals surface area contributed by atoms with Gasteiger partial charge in [0, 0.05) is 30.3 Å². The van der Waals surface area contributed by atoms with E-state index in [1.807, 2.05) is 89.2 Å². The highest BCUT2D eigenvalue weighted by atomic mass is 32.2. The van der Waals surface area contributed by atoms with Gasteiger partial charge in [-0.25, -0.2) is 0 Å². The maximum atomic E-state index is 15.1. The Balaban J connectivity index is 1.37. The van der Waals surface area contributed by atoms with E-state index in [2.05, 4.69) is 20.7 Å². The smallest absolute Gasteiger partial charge is 0.417 e. The summed E-state index contributed by atoms with van der Waals surface area (Å²) in [5.74, 6) is 2.48. The van der Waals surface area contributed by atoms with Crippen molar-refractivity contribution in [2.24, 2.45) is 0 Å². The number of benzene rings is 5. The Morgan fingerprint density at radius 2 is 1.34 bits per heavy atom. The van der Waals surface area contributed by atoms with Crippen molar-refractivity contribution in [3.05, 3.63) is 131 Å². The number of hydrogen-bond donors (Lipinski definition) is 1. The van der Waals surface area contributed by atoms with Crippen molar-refractivity contribution in [1.29, 1.82) is 0 Å². The van der Waals surface area contributed by atoms with Crippen LogP contribution in [0.5, 0.6) is 17.2 Å². The van der Waals surface area contributed by atoms with Crippen LogP contribution in [0.1, 0.15) is 28.2 Å². The number of tetrazole rings is 1. The number of aromatic nitrogens is 4. The first-order chi connectivity index (χ1) is 25.7. The Labute approximate surface area is 309 Å². The first kappa shape index (κ1) is 35.9. The van der Waals surface area contributed by atoms with Crippen molar-refractivity contribution in [2.45, 2.75) is 30.1 Å². The van der Waals surface area contributed by atoms with Crippen molar-refractivity contribution in [3.63, 3.8) is 0 Å². The lowest BCUT2D eigenvalue weighted by molar-refractivity contribution is -0.139. The average molecular weight is 739 g/mol. The van der Waals surface area contributed by atoms with Crippen molar-refractivity contribution >= 4 is 17.6 Å². The minimum absolute atomic E-state index is 0.0457. The van der Waals surface area contributed by atoms with Crippen molar-refractivity contribution < 1.29 is 27.4 Å². The van der Waals surface area contributed by atoms with Crippen LogP contribution in [-0.4, -0.2) is 54.6 Å². The Kier molecular flexibility index (Phi) is 10.6. The van der Waals surface area contributed by atoms with E-state index in [9.17, 15) is 0 Å². The molecule has 0 amide bonds. The quantitative estimate of drug-likeness (QED) is 0.117.